The molecule has 0 amide bonds. The lowest BCUT2D eigenvalue weighted by atomic mass is 9.94. The topological polar surface area (TPSA) is 51.2 Å². The minimum Gasteiger partial charge on any atom is -0.300 e. The number of ketones is 3. The first-order chi connectivity index (χ1) is 8.04. The van der Waals surface area contributed by atoms with Gasteiger partial charge in [-0.05, 0) is 26.2 Å². The van der Waals surface area contributed by atoms with Crippen LogP contribution < -0.4 is 0 Å². The van der Waals surface area contributed by atoms with E-state index < -0.39 is 0 Å². The first-order valence-electron chi connectivity index (χ1n) is 6.20. The second kappa shape index (κ2) is 6.48. The molecule has 3 nitrogen and oxygen atoms in total. The molecule has 0 radical (unpaired) electrons. The fourth-order valence-corrected chi connectivity index (χ4v) is 2.41. The van der Waals surface area contributed by atoms with Gasteiger partial charge in [-0.3, -0.25) is 9.59 Å². The maximum atomic E-state index is 11.9. The molecule has 0 aromatic rings. The van der Waals surface area contributed by atoms with Gasteiger partial charge < -0.3 is 4.79 Å². The quantitative estimate of drug-likeness (QED) is 0.638. The fourth-order valence-electron chi connectivity index (χ4n) is 2.41. The van der Waals surface area contributed by atoms with Crippen molar-refractivity contribution in [3.8, 4) is 0 Å². The first-order valence-corrected chi connectivity index (χ1v) is 6.20. The number of Topliss-reactive ketones (excluding diaryl/α,β-unsaturated/α-hetero) is 3. The normalized spacial score (nSPS) is 23.7. The van der Waals surface area contributed by atoms with E-state index in [0.29, 0.717) is 25.7 Å². The Hall–Kier alpha value is -1.25. The Morgan fingerprint density at radius 3 is 2.41 bits per heavy atom. The molecule has 0 N–H and O–H groups in total. The number of allylic oxidation sites excluding steroid dienone is 1. The molecular formula is C14H20O3. The molecule has 1 saturated carbocycles. The highest BCUT2D eigenvalue weighted by atomic mass is 16.1. The molecule has 0 aromatic carbocycles. The molecule has 1 rings (SSSR count). The van der Waals surface area contributed by atoms with Crippen molar-refractivity contribution in [2.75, 3.05) is 0 Å². The fraction of sp³-hybridized carbons (Fsp3) is 0.643. The van der Waals surface area contributed by atoms with Crippen molar-refractivity contribution in [3.63, 3.8) is 0 Å². The van der Waals surface area contributed by atoms with Crippen LogP contribution in [0.15, 0.2) is 12.7 Å². The smallest absolute Gasteiger partial charge is 0.139 e. The Balaban J connectivity index is 2.41. The predicted molar refractivity (Wildman–Crippen MR) is 65.6 cm³/mol. The van der Waals surface area contributed by atoms with E-state index in [9.17, 15) is 14.4 Å². The van der Waals surface area contributed by atoms with Gasteiger partial charge >= 0.3 is 0 Å². The SMILES string of the molecule is C=CCCC(=O)C[C@H]1CCC(CC(C)=O)C1=O. The van der Waals surface area contributed by atoms with Crippen LogP contribution in [0.1, 0.15) is 45.4 Å². The van der Waals surface area contributed by atoms with Crippen LogP contribution in [0.3, 0.4) is 0 Å². The van der Waals surface area contributed by atoms with Gasteiger partial charge in [-0.1, -0.05) is 6.08 Å². The third-order valence-corrected chi connectivity index (χ3v) is 3.30. The average Bonchev–Trinajstić information content (AvgIpc) is 2.58. The van der Waals surface area contributed by atoms with Crippen LogP contribution in [-0.4, -0.2) is 17.3 Å². The summed E-state index contributed by atoms with van der Waals surface area (Å²) < 4.78 is 0. The van der Waals surface area contributed by atoms with Crippen molar-refractivity contribution >= 4 is 17.3 Å². The molecule has 1 aliphatic carbocycles. The summed E-state index contributed by atoms with van der Waals surface area (Å²) in [4.78, 5) is 34.5. The second-order valence-corrected chi connectivity index (χ2v) is 4.85. The third-order valence-electron chi connectivity index (χ3n) is 3.30. The summed E-state index contributed by atoms with van der Waals surface area (Å²) in [6.45, 7) is 5.08. The number of hydrogen-bond acceptors (Lipinski definition) is 3. The van der Waals surface area contributed by atoms with Gasteiger partial charge in [-0.25, -0.2) is 0 Å². The Bertz CT molecular complexity index is 330. The minimum absolute atomic E-state index is 0.0574. The lowest BCUT2D eigenvalue weighted by Crippen LogP contribution is -2.18. The van der Waals surface area contributed by atoms with Gasteiger partial charge in [0.2, 0.25) is 0 Å². The lowest BCUT2D eigenvalue weighted by molar-refractivity contribution is -0.129. The van der Waals surface area contributed by atoms with E-state index in [1.165, 1.54) is 6.92 Å². The van der Waals surface area contributed by atoms with E-state index in [2.05, 4.69) is 6.58 Å². The highest BCUT2D eigenvalue weighted by Crippen LogP contribution is 2.32. The van der Waals surface area contributed by atoms with Crippen molar-refractivity contribution < 1.29 is 14.4 Å². The summed E-state index contributed by atoms with van der Waals surface area (Å²) in [5, 5.41) is 0. The number of hydrogen-bond donors (Lipinski definition) is 0. The predicted octanol–water partition coefficient (Wildman–Crippen LogP) is 2.49. The molecule has 1 fully saturated rings. The van der Waals surface area contributed by atoms with Crippen molar-refractivity contribution in [2.24, 2.45) is 11.8 Å². The van der Waals surface area contributed by atoms with Crippen molar-refractivity contribution in [1.82, 2.24) is 0 Å². The Morgan fingerprint density at radius 2 is 1.88 bits per heavy atom. The summed E-state index contributed by atoms with van der Waals surface area (Å²) in [5.74, 6) is 0.0298. The van der Waals surface area contributed by atoms with Crippen LogP contribution in [0.4, 0.5) is 0 Å². The average molecular weight is 236 g/mol. The summed E-state index contributed by atoms with van der Waals surface area (Å²) in [5.41, 5.74) is 0. The molecule has 2 atom stereocenters. The van der Waals surface area contributed by atoms with Gasteiger partial charge in [-0.2, -0.15) is 0 Å². The monoisotopic (exact) mass is 236 g/mol. The van der Waals surface area contributed by atoms with Crippen LogP contribution >= 0.6 is 0 Å². The molecule has 1 unspecified atom stereocenters. The molecular weight excluding hydrogens is 216 g/mol. The number of carbonyl (C=O) groups is 3. The zero-order valence-electron chi connectivity index (χ0n) is 10.4. The maximum Gasteiger partial charge on any atom is 0.139 e. The molecule has 1 aliphatic rings. The van der Waals surface area contributed by atoms with E-state index in [1.807, 2.05) is 0 Å². The molecule has 0 saturated heterocycles. The van der Waals surface area contributed by atoms with Crippen LogP contribution in [0, 0.1) is 11.8 Å². The molecule has 0 aromatic heterocycles. The first kappa shape index (κ1) is 13.8. The van der Waals surface area contributed by atoms with Crippen LogP contribution in [-0.2, 0) is 14.4 Å². The molecule has 17 heavy (non-hydrogen) atoms. The van der Waals surface area contributed by atoms with Crippen molar-refractivity contribution in [2.45, 2.75) is 45.4 Å². The van der Waals surface area contributed by atoms with E-state index >= 15 is 0 Å². The maximum absolute atomic E-state index is 11.9. The van der Waals surface area contributed by atoms with Crippen LogP contribution in [0.25, 0.3) is 0 Å². The van der Waals surface area contributed by atoms with Gasteiger partial charge in [0.25, 0.3) is 0 Å². The molecule has 3 heteroatoms. The summed E-state index contributed by atoms with van der Waals surface area (Å²) in [7, 11) is 0. The van der Waals surface area contributed by atoms with Gasteiger partial charge in [0.1, 0.15) is 17.3 Å². The summed E-state index contributed by atoms with van der Waals surface area (Å²) in [6.07, 6.45) is 5.08. The molecule has 0 aliphatic heterocycles. The van der Waals surface area contributed by atoms with Crippen molar-refractivity contribution in [3.05, 3.63) is 12.7 Å². The van der Waals surface area contributed by atoms with Gasteiger partial charge in [0.15, 0.2) is 0 Å². The number of carbonyl (C=O) groups excluding carboxylic acids is 3. The Morgan fingerprint density at radius 1 is 1.29 bits per heavy atom. The van der Waals surface area contributed by atoms with E-state index in [-0.39, 0.29) is 29.2 Å². The van der Waals surface area contributed by atoms with Crippen LogP contribution in [0.5, 0.6) is 0 Å². The van der Waals surface area contributed by atoms with E-state index in [4.69, 9.17) is 0 Å². The van der Waals surface area contributed by atoms with Gasteiger partial charge in [0, 0.05) is 31.1 Å². The number of rotatable bonds is 7. The van der Waals surface area contributed by atoms with E-state index in [1.54, 1.807) is 6.08 Å². The van der Waals surface area contributed by atoms with Crippen molar-refractivity contribution in [1.29, 1.82) is 0 Å². The molecule has 0 bridgehead atoms. The summed E-state index contributed by atoms with van der Waals surface area (Å²) >= 11 is 0. The minimum atomic E-state index is -0.142. The van der Waals surface area contributed by atoms with Gasteiger partial charge in [0.05, 0.1) is 0 Å². The second-order valence-electron chi connectivity index (χ2n) is 4.85. The highest BCUT2D eigenvalue weighted by molar-refractivity contribution is 5.93. The third kappa shape index (κ3) is 4.25. The Labute approximate surface area is 102 Å². The molecule has 0 spiro atoms. The summed E-state index contributed by atoms with van der Waals surface area (Å²) in [6, 6.07) is 0. The Kier molecular flexibility index (Phi) is 5.26. The van der Waals surface area contributed by atoms with Crippen LogP contribution in [0.2, 0.25) is 0 Å². The van der Waals surface area contributed by atoms with Gasteiger partial charge in [-0.15, -0.1) is 6.58 Å². The zero-order chi connectivity index (χ0) is 12.8. The standard InChI is InChI=1S/C14H20O3/c1-3-4-5-13(16)9-12-7-6-11(14(12)17)8-10(2)15/h3,11-12H,1,4-9H2,2H3/t11?,12-/m1/s1. The van der Waals surface area contributed by atoms with E-state index in [0.717, 1.165) is 12.8 Å². The molecule has 0 heterocycles. The zero-order valence-corrected chi connectivity index (χ0v) is 10.4. The lowest BCUT2D eigenvalue weighted by Gasteiger charge is -2.08. The highest BCUT2D eigenvalue weighted by Gasteiger charge is 2.35. The largest absolute Gasteiger partial charge is 0.300 e. The molecule has 94 valence electrons.